The van der Waals surface area contributed by atoms with E-state index >= 15 is 0 Å². The molecule has 0 aromatic carbocycles. The summed E-state index contributed by atoms with van der Waals surface area (Å²) in [5.41, 5.74) is 8.19. The first-order valence-corrected chi connectivity index (χ1v) is 5.04. The SMILES string of the molecule is CC(C)Cc1ncccc2nc(N)nc1-2. The number of nitrogens with two attached hydrogens (primary N) is 1. The van der Waals surface area contributed by atoms with Gasteiger partial charge in [-0.25, -0.2) is 9.97 Å². The molecule has 0 aromatic rings. The fourth-order valence-corrected chi connectivity index (χ4v) is 1.57. The molecule has 0 spiro atoms. The van der Waals surface area contributed by atoms with Crippen LogP contribution in [0, 0.1) is 5.92 Å². The normalized spacial score (nSPS) is 11.1. The first kappa shape index (κ1) is 9.83. The van der Waals surface area contributed by atoms with E-state index in [-0.39, 0.29) is 0 Å². The number of rotatable bonds is 2. The van der Waals surface area contributed by atoms with Crippen molar-refractivity contribution in [2.24, 2.45) is 5.92 Å². The number of nitrogen functional groups attached to an aromatic ring is 1. The van der Waals surface area contributed by atoms with E-state index in [1.54, 1.807) is 6.20 Å². The van der Waals surface area contributed by atoms with Crippen LogP contribution in [-0.4, -0.2) is 15.0 Å². The van der Waals surface area contributed by atoms with Crippen LogP contribution in [0.2, 0.25) is 0 Å². The van der Waals surface area contributed by atoms with Gasteiger partial charge in [0.15, 0.2) is 0 Å². The van der Waals surface area contributed by atoms with Crippen molar-refractivity contribution in [1.29, 1.82) is 0 Å². The molecule has 2 heterocycles. The van der Waals surface area contributed by atoms with E-state index in [4.69, 9.17) is 5.73 Å². The van der Waals surface area contributed by atoms with Crippen molar-refractivity contribution in [2.45, 2.75) is 20.3 Å². The quantitative estimate of drug-likeness (QED) is 0.805. The average Bonchev–Trinajstić information content (AvgIpc) is 2.43. The van der Waals surface area contributed by atoms with Crippen LogP contribution < -0.4 is 5.73 Å². The third-order valence-corrected chi connectivity index (χ3v) is 2.15. The number of fused-ring (bicyclic) bond motifs is 1. The van der Waals surface area contributed by atoms with Crippen molar-refractivity contribution >= 4 is 5.95 Å². The molecule has 15 heavy (non-hydrogen) atoms. The van der Waals surface area contributed by atoms with E-state index in [1.165, 1.54) is 0 Å². The van der Waals surface area contributed by atoms with Crippen LogP contribution >= 0.6 is 0 Å². The van der Waals surface area contributed by atoms with E-state index < -0.39 is 0 Å². The van der Waals surface area contributed by atoms with Crippen molar-refractivity contribution in [2.75, 3.05) is 5.73 Å². The first-order chi connectivity index (χ1) is 7.16. The van der Waals surface area contributed by atoms with E-state index in [2.05, 4.69) is 28.8 Å². The Kier molecular flexibility index (Phi) is 2.49. The minimum atomic E-state index is 0.322. The molecule has 0 radical (unpaired) electrons. The third kappa shape index (κ3) is 2.03. The van der Waals surface area contributed by atoms with Gasteiger partial charge >= 0.3 is 0 Å². The Balaban J connectivity index is 2.52. The van der Waals surface area contributed by atoms with Crippen molar-refractivity contribution in [1.82, 2.24) is 15.0 Å². The second kappa shape index (κ2) is 3.81. The molecule has 78 valence electrons. The van der Waals surface area contributed by atoms with E-state index in [1.807, 2.05) is 12.1 Å². The largest absolute Gasteiger partial charge is 0.368 e. The van der Waals surface area contributed by atoms with Gasteiger partial charge in [-0.05, 0) is 24.5 Å². The molecule has 2 aliphatic heterocycles. The van der Waals surface area contributed by atoms with Crippen LogP contribution in [0.4, 0.5) is 5.95 Å². The summed E-state index contributed by atoms with van der Waals surface area (Å²) < 4.78 is 0. The molecule has 0 aromatic heterocycles. The summed E-state index contributed by atoms with van der Waals surface area (Å²) in [5.74, 6) is 0.865. The van der Waals surface area contributed by atoms with Gasteiger partial charge in [0.2, 0.25) is 5.95 Å². The smallest absolute Gasteiger partial charge is 0.221 e. The Hall–Kier alpha value is -1.71. The Morgan fingerprint density at radius 2 is 2.13 bits per heavy atom. The third-order valence-electron chi connectivity index (χ3n) is 2.15. The number of hydrogen-bond donors (Lipinski definition) is 1. The van der Waals surface area contributed by atoms with Gasteiger partial charge < -0.3 is 5.73 Å². The van der Waals surface area contributed by atoms with Crippen molar-refractivity contribution in [3.05, 3.63) is 24.0 Å². The minimum absolute atomic E-state index is 0.322. The lowest BCUT2D eigenvalue weighted by molar-refractivity contribution is 0.636. The van der Waals surface area contributed by atoms with Gasteiger partial charge in [0.1, 0.15) is 5.69 Å². The zero-order chi connectivity index (χ0) is 10.8. The lowest BCUT2D eigenvalue weighted by Gasteiger charge is -2.03. The molecule has 0 unspecified atom stereocenters. The maximum Gasteiger partial charge on any atom is 0.221 e. The molecule has 0 saturated heterocycles. The molecule has 0 atom stereocenters. The summed E-state index contributed by atoms with van der Waals surface area (Å²) in [6, 6.07) is 3.75. The fraction of sp³-hybridized carbons (Fsp3) is 0.364. The maximum absolute atomic E-state index is 5.58. The van der Waals surface area contributed by atoms with Gasteiger partial charge in [-0.1, -0.05) is 13.8 Å². The van der Waals surface area contributed by atoms with Crippen LogP contribution in [0.15, 0.2) is 18.3 Å². The number of aromatic nitrogens is 3. The lowest BCUT2D eigenvalue weighted by Crippen LogP contribution is -1.98. The molecule has 0 saturated carbocycles. The zero-order valence-electron chi connectivity index (χ0n) is 8.94. The van der Waals surface area contributed by atoms with Gasteiger partial charge in [-0.3, -0.25) is 4.98 Å². The number of nitrogens with zero attached hydrogens (tertiary/aromatic N) is 3. The monoisotopic (exact) mass is 202 g/mol. The summed E-state index contributed by atoms with van der Waals surface area (Å²) in [7, 11) is 0. The van der Waals surface area contributed by atoms with E-state index in [9.17, 15) is 0 Å². The Morgan fingerprint density at radius 1 is 1.33 bits per heavy atom. The molecule has 4 nitrogen and oxygen atoms in total. The van der Waals surface area contributed by atoms with Gasteiger partial charge in [-0.15, -0.1) is 0 Å². The van der Waals surface area contributed by atoms with Crippen molar-refractivity contribution in [3.63, 3.8) is 0 Å². The van der Waals surface area contributed by atoms with Gasteiger partial charge in [0.05, 0.1) is 11.4 Å². The van der Waals surface area contributed by atoms with Gasteiger partial charge in [-0.2, -0.15) is 0 Å². The molecule has 4 heteroatoms. The summed E-state index contributed by atoms with van der Waals surface area (Å²) in [6.07, 6.45) is 2.67. The van der Waals surface area contributed by atoms with Crippen LogP contribution in [0.3, 0.4) is 0 Å². The highest BCUT2D eigenvalue weighted by Gasteiger charge is 2.14. The van der Waals surface area contributed by atoms with Crippen LogP contribution in [0.25, 0.3) is 11.4 Å². The highest BCUT2D eigenvalue weighted by Crippen LogP contribution is 2.22. The number of imidazole rings is 1. The second-order valence-corrected chi connectivity index (χ2v) is 4.00. The minimum Gasteiger partial charge on any atom is -0.368 e. The molecular weight excluding hydrogens is 188 g/mol. The molecule has 0 fully saturated rings. The van der Waals surface area contributed by atoms with Crippen molar-refractivity contribution in [3.8, 4) is 11.4 Å². The predicted octanol–water partition coefficient (Wildman–Crippen LogP) is 1.76. The van der Waals surface area contributed by atoms with Crippen molar-refractivity contribution < 1.29 is 0 Å². The molecule has 0 aliphatic carbocycles. The summed E-state index contributed by atoms with van der Waals surface area (Å²) in [5, 5.41) is 0. The Bertz CT molecular complexity index is 439. The lowest BCUT2D eigenvalue weighted by atomic mass is 10.1. The zero-order valence-corrected chi connectivity index (χ0v) is 8.94. The number of anilines is 1. The standard InChI is InChI=1S/C11H14N4/c1-7(2)6-9-10-8(4-3-5-13-9)14-11(12)15-10/h3-5,7H,6H2,1-2H3,(H2,12,14,15). The molecule has 2 aliphatic rings. The molecule has 2 rings (SSSR count). The van der Waals surface area contributed by atoms with Gasteiger partial charge in [0.25, 0.3) is 0 Å². The average molecular weight is 202 g/mol. The second-order valence-electron chi connectivity index (χ2n) is 4.00. The van der Waals surface area contributed by atoms with Crippen LogP contribution in [-0.2, 0) is 6.42 Å². The Labute approximate surface area is 88.9 Å². The molecule has 0 amide bonds. The molecular formula is C11H14N4. The predicted molar refractivity (Wildman–Crippen MR) is 59.4 cm³/mol. The first-order valence-electron chi connectivity index (χ1n) is 5.04. The summed E-state index contributed by atoms with van der Waals surface area (Å²) in [6.45, 7) is 4.31. The highest BCUT2D eigenvalue weighted by molar-refractivity contribution is 5.61. The Morgan fingerprint density at radius 3 is 2.87 bits per heavy atom. The topological polar surface area (TPSA) is 64.7 Å². The van der Waals surface area contributed by atoms with Gasteiger partial charge in [0, 0.05) is 6.20 Å². The van der Waals surface area contributed by atoms with Crippen LogP contribution in [0.1, 0.15) is 19.5 Å². The summed E-state index contributed by atoms with van der Waals surface area (Å²) >= 11 is 0. The summed E-state index contributed by atoms with van der Waals surface area (Å²) in [4.78, 5) is 12.7. The fourth-order valence-electron chi connectivity index (χ4n) is 1.57. The molecule has 0 bridgehead atoms. The van der Waals surface area contributed by atoms with E-state index in [0.717, 1.165) is 23.5 Å². The number of hydrogen-bond acceptors (Lipinski definition) is 4. The highest BCUT2D eigenvalue weighted by atomic mass is 15.0. The molecule has 2 N–H and O–H groups in total. The van der Waals surface area contributed by atoms with Crippen LogP contribution in [0.5, 0.6) is 0 Å². The maximum atomic E-state index is 5.58. The van der Waals surface area contributed by atoms with E-state index in [0.29, 0.717) is 11.9 Å².